The summed E-state index contributed by atoms with van der Waals surface area (Å²) in [7, 11) is -2.92. The van der Waals surface area contributed by atoms with Gasteiger partial charge in [0.2, 0.25) is 11.8 Å². The first kappa shape index (κ1) is 34.8. The van der Waals surface area contributed by atoms with E-state index in [1.54, 1.807) is 48.5 Å². The van der Waals surface area contributed by atoms with E-state index in [9.17, 15) is 18.0 Å². The monoisotopic (exact) mass is 681 g/mol. The van der Waals surface area contributed by atoms with E-state index in [-0.39, 0.29) is 40.2 Å². The molecule has 1 N–H and O–H groups in total. The highest BCUT2D eigenvalue weighted by Crippen LogP contribution is 2.35. The predicted molar refractivity (Wildman–Crippen MR) is 183 cm³/mol. The molecule has 0 radical (unpaired) electrons. The van der Waals surface area contributed by atoms with Gasteiger partial charge in [-0.3, -0.25) is 13.9 Å². The molecule has 2 amide bonds. The van der Waals surface area contributed by atoms with Crippen LogP contribution in [0.2, 0.25) is 10.0 Å². The Kier molecular flexibility index (Phi) is 11.4. The van der Waals surface area contributed by atoms with Gasteiger partial charge in [-0.25, -0.2) is 8.42 Å². The average molecular weight is 683 g/mol. The van der Waals surface area contributed by atoms with Gasteiger partial charge >= 0.3 is 0 Å². The lowest BCUT2D eigenvalue weighted by molar-refractivity contribution is -0.140. The number of hydrogen-bond donors (Lipinski definition) is 1. The van der Waals surface area contributed by atoms with Crippen LogP contribution < -0.4 is 14.4 Å². The maximum Gasteiger partial charge on any atom is 0.264 e. The minimum atomic E-state index is -4.32. The van der Waals surface area contributed by atoms with Crippen molar-refractivity contribution in [3.8, 4) is 5.75 Å². The second-order valence-corrected chi connectivity index (χ2v) is 14.5. The van der Waals surface area contributed by atoms with Crippen LogP contribution in [0.4, 0.5) is 5.69 Å². The molecule has 0 aliphatic carbocycles. The standard InChI is InChI=1S/C35H37Cl2N3O5S/c1-35(2,3)38-34(42)31(21-25-12-7-5-8-13-25)39(23-26-14-11-15-27(36)20-26)33(41)24-40(30-22-28(37)18-19-32(30)45-4)46(43,44)29-16-9-6-10-17-29/h5-20,22,31H,21,23-24H2,1-4H3,(H,38,42). The summed E-state index contributed by atoms with van der Waals surface area (Å²) in [4.78, 5) is 30.0. The summed E-state index contributed by atoms with van der Waals surface area (Å²) in [6, 6.07) is 27.6. The highest BCUT2D eigenvalue weighted by Gasteiger charge is 2.36. The van der Waals surface area contributed by atoms with E-state index < -0.39 is 34.1 Å². The van der Waals surface area contributed by atoms with Crippen molar-refractivity contribution >= 4 is 50.7 Å². The highest BCUT2D eigenvalue weighted by atomic mass is 35.5. The minimum Gasteiger partial charge on any atom is -0.495 e. The van der Waals surface area contributed by atoms with E-state index in [2.05, 4.69) is 5.32 Å². The molecule has 0 saturated heterocycles. The number of carbonyl (C=O) groups is 2. The molecule has 1 atom stereocenters. The van der Waals surface area contributed by atoms with Crippen LogP contribution in [0.1, 0.15) is 31.9 Å². The number of sulfonamides is 1. The summed E-state index contributed by atoms with van der Waals surface area (Å²) in [5.74, 6) is -0.805. The molecule has 4 aromatic rings. The Morgan fingerprint density at radius 2 is 1.43 bits per heavy atom. The first-order valence-electron chi connectivity index (χ1n) is 14.6. The molecule has 0 aliphatic rings. The van der Waals surface area contributed by atoms with E-state index in [1.807, 2.05) is 51.1 Å². The van der Waals surface area contributed by atoms with Gasteiger partial charge in [0.1, 0.15) is 18.3 Å². The predicted octanol–water partition coefficient (Wildman–Crippen LogP) is 6.75. The van der Waals surface area contributed by atoms with Crippen molar-refractivity contribution in [1.82, 2.24) is 10.2 Å². The zero-order valence-corrected chi connectivity index (χ0v) is 28.4. The summed E-state index contributed by atoms with van der Waals surface area (Å²) in [5.41, 5.74) is 0.966. The van der Waals surface area contributed by atoms with E-state index in [4.69, 9.17) is 27.9 Å². The lowest BCUT2D eigenvalue weighted by Gasteiger charge is -2.35. The van der Waals surface area contributed by atoms with Crippen LogP contribution in [0.25, 0.3) is 0 Å². The van der Waals surface area contributed by atoms with Crippen molar-refractivity contribution in [1.29, 1.82) is 0 Å². The van der Waals surface area contributed by atoms with Gasteiger partial charge in [-0.05, 0) is 74.4 Å². The summed E-state index contributed by atoms with van der Waals surface area (Å²) in [6.45, 7) is 4.90. The molecule has 8 nitrogen and oxygen atoms in total. The Hall–Kier alpha value is -4.05. The Labute approximate surface area is 280 Å². The third-order valence-electron chi connectivity index (χ3n) is 7.03. The van der Waals surface area contributed by atoms with E-state index in [0.717, 1.165) is 9.87 Å². The Morgan fingerprint density at radius 3 is 2.04 bits per heavy atom. The molecule has 0 bridgehead atoms. The van der Waals surface area contributed by atoms with Crippen LogP contribution in [0, 0.1) is 0 Å². The van der Waals surface area contributed by atoms with Gasteiger partial charge in [0.25, 0.3) is 10.0 Å². The van der Waals surface area contributed by atoms with Crippen LogP contribution in [0.15, 0.2) is 108 Å². The first-order chi connectivity index (χ1) is 21.8. The van der Waals surface area contributed by atoms with Crippen LogP contribution >= 0.6 is 23.2 Å². The van der Waals surface area contributed by atoms with Crippen molar-refractivity contribution in [3.05, 3.63) is 124 Å². The van der Waals surface area contributed by atoms with Gasteiger partial charge in [-0.15, -0.1) is 0 Å². The second kappa shape index (κ2) is 15.0. The number of anilines is 1. The van der Waals surface area contributed by atoms with Crippen molar-refractivity contribution in [3.63, 3.8) is 0 Å². The summed E-state index contributed by atoms with van der Waals surface area (Å²) < 4.78 is 34.9. The topological polar surface area (TPSA) is 96.0 Å². The molecule has 0 fully saturated rings. The lowest BCUT2D eigenvalue weighted by Crippen LogP contribution is -2.56. The molecule has 4 rings (SSSR count). The number of ether oxygens (including phenoxy) is 1. The summed E-state index contributed by atoms with van der Waals surface area (Å²) in [6.07, 6.45) is 0.182. The normalized spacial score (nSPS) is 12.2. The fourth-order valence-corrected chi connectivity index (χ4v) is 6.75. The zero-order chi connectivity index (χ0) is 33.5. The molecule has 11 heteroatoms. The van der Waals surface area contributed by atoms with E-state index in [0.29, 0.717) is 10.6 Å². The molecule has 1 unspecified atom stereocenters. The maximum absolute atomic E-state index is 14.6. The van der Waals surface area contributed by atoms with Crippen molar-refractivity contribution in [2.75, 3.05) is 18.0 Å². The van der Waals surface area contributed by atoms with Gasteiger partial charge in [-0.1, -0.05) is 83.9 Å². The fourth-order valence-electron chi connectivity index (χ4n) is 4.93. The summed E-state index contributed by atoms with van der Waals surface area (Å²) in [5, 5.41) is 3.72. The summed E-state index contributed by atoms with van der Waals surface area (Å²) >= 11 is 12.7. The van der Waals surface area contributed by atoms with Crippen LogP contribution in [-0.2, 0) is 32.6 Å². The lowest BCUT2D eigenvalue weighted by atomic mass is 10.0. The molecule has 242 valence electrons. The molecule has 0 aliphatic heterocycles. The van der Waals surface area contributed by atoms with Crippen molar-refractivity contribution < 1.29 is 22.7 Å². The molecule has 0 aromatic heterocycles. The van der Waals surface area contributed by atoms with Crippen LogP contribution in [0.3, 0.4) is 0 Å². The largest absolute Gasteiger partial charge is 0.495 e. The molecule has 0 heterocycles. The third-order valence-corrected chi connectivity index (χ3v) is 9.28. The number of nitrogens with zero attached hydrogens (tertiary/aromatic N) is 2. The minimum absolute atomic E-state index is 0.0135. The third kappa shape index (κ3) is 9.02. The average Bonchev–Trinajstić information content (AvgIpc) is 3.01. The molecular weight excluding hydrogens is 645 g/mol. The Morgan fingerprint density at radius 1 is 0.826 bits per heavy atom. The van der Waals surface area contributed by atoms with Crippen LogP contribution in [-0.4, -0.2) is 50.4 Å². The Balaban J connectivity index is 1.86. The quantitative estimate of drug-likeness (QED) is 0.178. The number of carbonyl (C=O) groups excluding carboxylic acids is 2. The SMILES string of the molecule is COc1ccc(Cl)cc1N(CC(=O)N(Cc1cccc(Cl)c1)C(Cc1ccccc1)C(=O)NC(C)(C)C)S(=O)(=O)c1ccccc1. The zero-order valence-electron chi connectivity index (χ0n) is 26.1. The number of amides is 2. The second-order valence-electron chi connectivity index (χ2n) is 11.7. The Bertz CT molecular complexity index is 1760. The van der Waals surface area contributed by atoms with Gasteiger partial charge in [0, 0.05) is 28.5 Å². The molecule has 0 spiro atoms. The smallest absolute Gasteiger partial charge is 0.264 e. The van der Waals surface area contributed by atoms with Gasteiger partial charge in [-0.2, -0.15) is 0 Å². The van der Waals surface area contributed by atoms with E-state index in [1.165, 1.54) is 36.3 Å². The molecular formula is C35H37Cl2N3O5S. The number of benzene rings is 4. The number of nitrogens with one attached hydrogen (secondary N) is 1. The molecule has 4 aromatic carbocycles. The number of rotatable bonds is 12. The molecule has 0 saturated carbocycles. The van der Waals surface area contributed by atoms with Gasteiger partial charge in [0.15, 0.2) is 0 Å². The van der Waals surface area contributed by atoms with Gasteiger partial charge in [0.05, 0.1) is 17.7 Å². The van der Waals surface area contributed by atoms with Crippen molar-refractivity contribution in [2.45, 2.75) is 50.2 Å². The molecule has 46 heavy (non-hydrogen) atoms. The van der Waals surface area contributed by atoms with Gasteiger partial charge < -0.3 is 15.0 Å². The first-order valence-corrected chi connectivity index (χ1v) is 16.8. The maximum atomic E-state index is 14.6. The number of hydrogen-bond acceptors (Lipinski definition) is 5. The number of halogens is 2. The number of methoxy groups -OCH3 is 1. The van der Waals surface area contributed by atoms with Crippen molar-refractivity contribution in [2.24, 2.45) is 0 Å². The fraction of sp³-hybridized carbons (Fsp3) is 0.257. The van der Waals surface area contributed by atoms with E-state index >= 15 is 0 Å². The highest BCUT2D eigenvalue weighted by molar-refractivity contribution is 7.92. The van der Waals surface area contributed by atoms with Crippen LogP contribution in [0.5, 0.6) is 5.75 Å².